The maximum atomic E-state index is 12.7. The van der Waals surface area contributed by atoms with Crippen molar-refractivity contribution in [3.05, 3.63) is 83.2 Å². The van der Waals surface area contributed by atoms with Gasteiger partial charge in [0.15, 0.2) is 5.78 Å². The minimum Gasteiger partial charge on any atom is -0.487 e. The highest BCUT2D eigenvalue weighted by atomic mass is 16.5. The molecule has 1 aliphatic rings. The average Bonchev–Trinajstić information content (AvgIpc) is 2.89. The number of hydrogen-bond acceptors (Lipinski definition) is 3. The summed E-state index contributed by atoms with van der Waals surface area (Å²) in [5.41, 5.74) is 3.19. The number of para-hydroxylation sites is 1. The molecule has 4 heteroatoms. The number of rotatable bonds is 2. The van der Waals surface area contributed by atoms with Crippen molar-refractivity contribution in [2.24, 2.45) is 0 Å². The van der Waals surface area contributed by atoms with Crippen LogP contribution in [0, 0.1) is 0 Å². The summed E-state index contributed by atoms with van der Waals surface area (Å²) in [7, 11) is 0. The van der Waals surface area contributed by atoms with Crippen LogP contribution in [0.15, 0.2) is 60.8 Å². The molecule has 0 fully saturated rings. The summed E-state index contributed by atoms with van der Waals surface area (Å²) in [6.45, 7) is 0.980. The van der Waals surface area contributed by atoms with E-state index in [0.717, 1.165) is 11.3 Å². The van der Waals surface area contributed by atoms with Crippen molar-refractivity contribution < 1.29 is 9.53 Å². The Morgan fingerprint density at radius 3 is 2.64 bits per heavy atom. The van der Waals surface area contributed by atoms with Gasteiger partial charge in [0.1, 0.15) is 12.4 Å². The lowest BCUT2D eigenvalue weighted by atomic mass is 10.0. The number of nitrogens with zero attached hydrogens (tertiary/aromatic N) is 2. The third-order valence-electron chi connectivity index (χ3n) is 3.86. The summed E-state index contributed by atoms with van der Waals surface area (Å²) in [4.78, 5) is 12.7. The van der Waals surface area contributed by atoms with E-state index in [1.165, 1.54) is 0 Å². The van der Waals surface area contributed by atoms with Gasteiger partial charge in [-0.3, -0.25) is 9.48 Å². The van der Waals surface area contributed by atoms with Gasteiger partial charge in [-0.15, -0.1) is 0 Å². The monoisotopic (exact) mass is 290 g/mol. The second kappa shape index (κ2) is 5.15. The summed E-state index contributed by atoms with van der Waals surface area (Å²) in [5, 5.41) is 4.37. The van der Waals surface area contributed by atoms with E-state index in [2.05, 4.69) is 5.10 Å². The largest absolute Gasteiger partial charge is 0.487 e. The number of carbonyl (C=O) groups excluding carboxylic acids is 1. The third kappa shape index (κ3) is 2.09. The topological polar surface area (TPSA) is 44.1 Å². The van der Waals surface area contributed by atoms with Crippen LogP contribution in [0.25, 0.3) is 0 Å². The standard InChI is InChI=1S/C18H14N2O2/c21-18-14-8-4-5-9-17(14)22-12-16-15(18)10-19-20(16)11-13-6-2-1-3-7-13/h1-10H,11-12H2. The Labute approximate surface area is 128 Å². The first-order chi connectivity index (χ1) is 10.8. The average molecular weight is 290 g/mol. The first-order valence-corrected chi connectivity index (χ1v) is 7.18. The summed E-state index contributed by atoms with van der Waals surface area (Å²) >= 11 is 0. The fraction of sp³-hybridized carbons (Fsp3) is 0.111. The van der Waals surface area contributed by atoms with E-state index in [1.807, 2.05) is 53.2 Å². The minimum atomic E-state index is -0.0255. The highest BCUT2D eigenvalue weighted by molar-refractivity contribution is 6.11. The van der Waals surface area contributed by atoms with Crippen molar-refractivity contribution >= 4 is 5.78 Å². The Hall–Kier alpha value is -2.88. The van der Waals surface area contributed by atoms with Crippen LogP contribution >= 0.6 is 0 Å². The van der Waals surface area contributed by atoms with Gasteiger partial charge in [0.05, 0.1) is 29.6 Å². The molecule has 1 aromatic heterocycles. The molecule has 0 N–H and O–H groups in total. The zero-order valence-corrected chi connectivity index (χ0v) is 11.9. The molecular weight excluding hydrogens is 276 g/mol. The van der Waals surface area contributed by atoms with Gasteiger partial charge >= 0.3 is 0 Å². The molecule has 0 aliphatic carbocycles. The van der Waals surface area contributed by atoms with Crippen molar-refractivity contribution in [2.75, 3.05) is 0 Å². The molecule has 22 heavy (non-hydrogen) atoms. The Balaban J connectivity index is 1.73. The fourth-order valence-electron chi connectivity index (χ4n) is 2.72. The Morgan fingerprint density at radius 2 is 1.77 bits per heavy atom. The predicted octanol–water partition coefficient (Wildman–Crippen LogP) is 3.05. The lowest BCUT2D eigenvalue weighted by Gasteiger charge is -2.08. The molecule has 1 aliphatic heterocycles. The van der Waals surface area contributed by atoms with Gasteiger partial charge in [-0.05, 0) is 17.7 Å². The van der Waals surface area contributed by atoms with Crippen LogP contribution < -0.4 is 4.74 Å². The van der Waals surface area contributed by atoms with Gasteiger partial charge < -0.3 is 4.74 Å². The molecule has 0 spiro atoms. The van der Waals surface area contributed by atoms with Crippen molar-refractivity contribution in [1.82, 2.24) is 9.78 Å². The summed E-state index contributed by atoms with van der Waals surface area (Å²) in [6, 6.07) is 17.4. The maximum Gasteiger partial charge on any atom is 0.200 e. The van der Waals surface area contributed by atoms with Crippen LogP contribution in [0.3, 0.4) is 0 Å². The van der Waals surface area contributed by atoms with Crippen molar-refractivity contribution in [3.8, 4) is 5.75 Å². The highest BCUT2D eigenvalue weighted by Gasteiger charge is 2.25. The number of ether oxygens (including phenoxy) is 1. The van der Waals surface area contributed by atoms with Crippen LogP contribution in [-0.2, 0) is 13.2 Å². The molecule has 0 unspecified atom stereocenters. The van der Waals surface area contributed by atoms with Crippen LogP contribution in [0.5, 0.6) is 5.75 Å². The molecule has 4 nitrogen and oxygen atoms in total. The number of ketones is 1. The molecule has 0 radical (unpaired) electrons. The number of aromatic nitrogens is 2. The van der Waals surface area contributed by atoms with Gasteiger partial charge in [-0.2, -0.15) is 5.10 Å². The van der Waals surface area contributed by atoms with Gasteiger partial charge in [-0.25, -0.2) is 0 Å². The van der Waals surface area contributed by atoms with Gasteiger partial charge in [0.2, 0.25) is 0 Å². The zero-order chi connectivity index (χ0) is 14.9. The van der Waals surface area contributed by atoms with Gasteiger partial charge in [0, 0.05) is 0 Å². The smallest absolute Gasteiger partial charge is 0.200 e. The van der Waals surface area contributed by atoms with Crippen LogP contribution in [-0.4, -0.2) is 15.6 Å². The predicted molar refractivity (Wildman–Crippen MR) is 82.0 cm³/mol. The van der Waals surface area contributed by atoms with E-state index in [1.54, 1.807) is 12.3 Å². The molecule has 108 valence electrons. The lowest BCUT2D eigenvalue weighted by Crippen LogP contribution is -2.09. The number of hydrogen-bond donors (Lipinski definition) is 0. The summed E-state index contributed by atoms with van der Waals surface area (Å²) in [6.07, 6.45) is 1.64. The van der Waals surface area contributed by atoms with E-state index < -0.39 is 0 Å². The molecular formula is C18H14N2O2. The molecule has 0 atom stereocenters. The molecule has 2 heterocycles. The maximum absolute atomic E-state index is 12.7. The van der Waals surface area contributed by atoms with Crippen molar-refractivity contribution in [1.29, 1.82) is 0 Å². The molecule has 0 saturated carbocycles. The van der Waals surface area contributed by atoms with Gasteiger partial charge in [0.25, 0.3) is 0 Å². The number of benzene rings is 2. The van der Waals surface area contributed by atoms with E-state index in [9.17, 15) is 4.79 Å². The zero-order valence-electron chi connectivity index (χ0n) is 11.9. The fourth-order valence-corrected chi connectivity index (χ4v) is 2.72. The number of carbonyl (C=O) groups is 1. The summed E-state index contributed by atoms with van der Waals surface area (Å²) in [5.74, 6) is 0.609. The van der Waals surface area contributed by atoms with Crippen LogP contribution in [0.4, 0.5) is 0 Å². The lowest BCUT2D eigenvalue weighted by molar-refractivity contribution is 0.103. The van der Waals surface area contributed by atoms with Crippen molar-refractivity contribution in [3.63, 3.8) is 0 Å². The Bertz CT molecular complexity index is 837. The molecule has 0 bridgehead atoms. The quantitative estimate of drug-likeness (QED) is 0.728. The second-order valence-electron chi connectivity index (χ2n) is 5.26. The molecule has 0 amide bonds. The Kier molecular flexibility index (Phi) is 3.00. The SMILES string of the molecule is O=C1c2ccccc2OCc2c1cnn2Cc1ccccc1. The highest BCUT2D eigenvalue weighted by Crippen LogP contribution is 2.28. The molecule has 3 aromatic rings. The molecule has 0 saturated heterocycles. The minimum absolute atomic E-state index is 0.0255. The van der Waals surface area contributed by atoms with Gasteiger partial charge in [-0.1, -0.05) is 42.5 Å². The summed E-state index contributed by atoms with van der Waals surface area (Å²) < 4.78 is 7.64. The molecule has 4 rings (SSSR count). The second-order valence-corrected chi connectivity index (χ2v) is 5.26. The van der Waals surface area contributed by atoms with E-state index in [0.29, 0.717) is 30.0 Å². The van der Waals surface area contributed by atoms with Crippen molar-refractivity contribution in [2.45, 2.75) is 13.2 Å². The normalized spacial score (nSPS) is 13.0. The van der Waals surface area contributed by atoms with E-state index in [-0.39, 0.29) is 5.78 Å². The third-order valence-corrected chi connectivity index (χ3v) is 3.86. The van der Waals surface area contributed by atoms with E-state index in [4.69, 9.17) is 4.74 Å². The Morgan fingerprint density at radius 1 is 1.00 bits per heavy atom. The van der Waals surface area contributed by atoms with E-state index >= 15 is 0 Å². The number of fused-ring (bicyclic) bond motifs is 2. The first kappa shape index (κ1) is 12.8. The van der Waals surface area contributed by atoms with Crippen LogP contribution in [0.2, 0.25) is 0 Å². The first-order valence-electron chi connectivity index (χ1n) is 7.18. The molecule has 2 aromatic carbocycles. The van der Waals surface area contributed by atoms with Crippen LogP contribution in [0.1, 0.15) is 27.2 Å².